The molecule has 0 fully saturated rings. The zero-order chi connectivity index (χ0) is 15.8. The number of nitrogens with two attached hydrogens (primary N) is 1. The van der Waals surface area contributed by atoms with Crippen LogP contribution in [0.15, 0.2) is 30.3 Å². The van der Waals surface area contributed by atoms with E-state index < -0.39 is 6.04 Å². The van der Waals surface area contributed by atoms with E-state index in [1.54, 1.807) is 7.05 Å². The zero-order valence-electron chi connectivity index (χ0n) is 13.0. The molecule has 0 spiro atoms. The lowest BCUT2D eigenvalue weighted by atomic mass is 10.1. The van der Waals surface area contributed by atoms with Crippen molar-refractivity contribution in [2.75, 3.05) is 13.6 Å². The van der Waals surface area contributed by atoms with Crippen LogP contribution in [0.2, 0.25) is 0 Å². The Morgan fingerprint density at radius 2 is 1.86 bits per heavy atom. The number of hydrogen-bond donors (Lipinski definition) is 2. The van der Waals surface area contributed by atoms with Crippen molar-refractivity contribution in [3.8, 4) is 0 Å². The number of benzene rings is 1. The van der Waals surface area contributed by atoms with Crippen molar-refractivity contribution in [1.82, 2.24) is 10.2 Å². The van der Waals surface area contributed by atoms with Gasteiger partial charge in [-0.1, -0.05) is 30.3 Å². The van der Waals surface area contributed by atoms with Crippen LogP contribution in [0.3, 0.4) is 0 Å². The van der Waals surface area contributed by atoms with Crippen molar-refractivity contribution < 1.29 is 9.59 Å². The van der Waals surface area contributed by atoms with Gasteiger partial charge in [-0.2, -0.15) is 0 Å². The second-order valence-electron chi connectivity index (χ2n) is 5.55. The van der Waals surface area contributed by atoms with Crippen molar-refractivity contribution >= 4 is 11.8 Å². The third-order valence-electron chi connectivity index (χ3n) is 3.11. The number of carbonyl (C=O) groups excluding carboxylic acids is 2. The van der Waals surface area contributed by atoms with Crippen LogP contribution in [0.5, 0.6) is 0 Å². The minimum Gasteiger partial charge on any atom is -0.352 e. The molecule has 1 aromatic carbocycles. The number of carbonyl (C=O) groups is 2. The van der Waals surface area contributed by atoms with E-state index in [2.05, 4.69) is 5.32 Å². The molecule has 0 saturated carbocycles. The Morgan fingerprint density at radius 1 is 1.24 bits per heavy atom. The van der Waals surface area contributed by atoms with Crippen molar-refractivity contribution in [3.63, 3.8) is 0 Å². The maximum atomic E-state index is 12.1. The van der Waals surface area contributed by atoms with Crippen LogP contribution in [0.25, 0.3) is 0 Å². The third kappa shape index (κ3) is 6.40. The highest BCUT2D eigenvalue weighted by atomic mass is 16.2. The van der Waals surface area contributed by atoms with Gasteiger partial charge < -0.3 is 16.0 Å². The van der Waals surface area contributed by atoms with E-state index in [0.29, 0.717) is 6.42 Å². The number of likely N-dealkylation sites (N-methyl/N-ethyl adjacent to an activating group) is 1. The van der Waals surface area contributed by atoms with Crippen LogP contribution in [-0.2, 0) is 16.0 Å². The van der Waals surface area contributed by atoms with Gasteiger partial charge in [-0.3, -0.25) is 9.59 Å². The van der Waals surface area contributed by atoms with E-state index in [1.165, 1.54) is 4.90 Å². The molecule has 0 saturated heterocycles. The molecule has 21 heavy (non-hydrogen) atoms. The van der Waals surface area contributed by atoms with Gasteiger partial charge in [0.25, 0.3) is 0 Å². The predicted molar refractivity (Wildman–Crippen MR) is 83.7 cm³/mol. The first-order valence-corrected chi connectivity index (χ1v) is 7.24. The Labute approximate surface area is 126 Å². The van der Waals surface area contributed by atoms with E-state index in [0.717, 1.165) is 12.0 Å². The van der Waals surface area contributed by atoms with Crippen LogP contribution >= 0.6 is 0 Å². The standard InChI is InChI=1S/C16H25N3O2/c1-12(2)18-15(20)11-19(3)16(21)14(17)10-9-13-7-5-4-6-8-13/h4-8,12,14H,9-11,17H2,1-3H3,(H,18,20)/t14-/m0/s1. The fraction of sp³-hybridized carbons (Fsp3) is 0.500. The largest absolute Gasteiger partial charge is 0.352 e. The Morgan fingerprint density at radius 3 is 2.43 bits per heavy atom. The highest BCUT2D eigenvalue weighted by molar-refractivity contribution is 5.87. The SMILES string of the molecule is CC(C)NC(=O)CN(C)C(=O)[C@@H](N)CCc1ccccc1. The summed E-state index contributed by atoms with van der Waals surface area (Å²) in [6.07, 6.45) is 1.32. The van der Waals surface area contributed by atoms with Crippen LogP contribution < -0.4 is 11.1 Å². The lowest BCUT2D eigenvalue weighted by Crippen LogP contribution is -2.47. The highest BCUT2D eigenvalue weighted by Crippen LogP contribution is 2.05. The van der Waals surface area contributed by atoms with Crippen molar-refractivity contribution in [1.29, 1.82) is 0 Å². The summed E-state index contributed by atoms with van der Waals surface area (Å²) in [5.74, 6) is -0.374. The number of hydrogen-bond acceptors (Lipinski definition) is 3. The van der Waals surface area contributed by atoms with Gasteiger partial charge in [-0.15, -0.1) is 0 Å². The summed E-state index contributed by atoms with van der Waals surface area (Å²) in [5, 5.41) is 2.75. The maximum Gasteiger partial charge on any atom is 0.239 e. The predicted octanol–water partition coefficient (Wildman–Crippen LogP) is 0.930. The first-order chi connectivity index (χ1) is 9.90. The average molecular weight is 291 g/mol. The normalized spacial score (nSPS) is 12.0. The Balaban J connectivity index is 2.40. The highest BCUT2D eigenvalue weighted by Gasteiger charge is 2.20. The van der Waals surface area contributed by atoms with Crippen LogP contribution in [0, 0.1) is 0 Å². The summed E-state index contributed by atoms with van der Waals surface area (Å²) in [4.78, 5) is 25.1. The second kappa shape index (κ2) is 8.42. The van der Waals surface area contributed by atoms with Gasteiger partial charge in [0.05, 0.1) is 12.6 Å². The monoisotopic (exact) mass is 291 g/mol. The van der Waals surface area contributed by atoms with Crippen LogP contribution in [0.4, 0.5) is 0 Å². The van der Waals surface area contributed by atoms with Gasteiger partial charge in [-0.25, -0.2) is 0 Å². The molecular formula is C16H25N3O2. The minimum absolute atomic E-state index is 0.0377. The van der Waals surface area contributed by atoms with E-state index in [1.807, 2.05) is 44.2 Å². The Kier molecular flexibility index (Phi) is 6.88. The molecule has 3 N–H and O–H groups in total. The fourth-order valence-electron chi connectivity index (χ4n) is 2.03. The molecule has 1 rings (SSSR count). The molecule has 116 valence electrons. The van der Waals surface area contributed by atoms with Crippen molar-refractivity contribution in [2.24, 2.45) is 5.73 Å². The summed E-state index contributed by atoms with van der Waals surface area (Å²) in [6, 6.07) is 9.38. The first-order valence-electron chi connectivity index (χ1n) is 7.24. The minimum atomic E-state index is -0.581. The third-order valence-corrected chi connectivity index (χ3v) is 3.11. The molecule has 0 heterocycles. The molecule has 0 aliphatic carbocycles. The summed E-state index contributed by atoms with van der Waals surface area (Å²) in [6.45, 7) is 3.80. The van der Waals surface area contributed by atoms with Gasteiger partial charge in [-0.05, 0) is 32.3 Å². The topological polar surface area (TPSA) is 75.4 Å². The van der Waals surface area contributed by atoms with Crippen LogP contribution in [-0.4, -0.2) is 42.4 Å². The number of nitrogens with one attached hydrogen (secondary N) is 1. The zero-order valence-corrected chi connectivity index (χ0v) is 13.0. The molecule has 0 aromatic heterocycles. The van der Waals surface area contributed by atoms with Crippen molar-refractivity contribution in [2.45, 2.75) is 38.8 Å². The van der Waals surface area contributed by atoms with Crippen molar-refractivity contribution in [3.05, 3.63) is 35.9 Å². The quantitative estimate of drug-likeness (QED) is 0.784. The summed E-state index contributed by atoms with van der Waals surface area (Å²) in [5.41, 5.74) is 7.07. The number of rotatable bonds is 7. The van der Waals surface area contributed by atoms with E-state index in [9.17, 15) is 9.59 Å². The fourth-order valence-corrected chi connectivity index (χ4v) is 2.03. The van der Waals surface area contributed by atoms with E-state index >= 15 is 0 Å². The Hall–Kier alpha value is -1.88. The van der Waals surface area contributed by atoms with E-state index in [-0.39, 0.29) is 24.4 Å². The molecule has 0 aliphatic rings. The molecule has 2 amide bonds. The molecule has 5 heteroatoms. The average Bonchev–Trinajstić information content (AvgIpc) is 2.44. The molecule has 0 bridgehead atoms. The van der Waals surface area contributed by atoms with Gasteiger partial charge in [0.2, 0.25) is 11.8 Å². The summed E-state index contributed by atoms with van der Waals surface area (Å²) >= 11 is 0. The first kappa shape index (κ1) is 17.2. The molecule has 0 unspecified atom stereocenters. The summed E-state index contributed by atoms with van der Waals surface area (Å²) < 4.78 is 0. The lowest BCUT2D eigenvalue weighted by Gasteiger charge is -2.21. The Bertz CT molecular complexity index is 460. The smallest absolute Gasteiger partial charge is 0.239 e. The number of amides is 2. The van der Waals surface area contributed by atoms with Gasteiger partial charge in [0.1, 0.15) is 0 Å². The molecular weight excluding hydrogens is 266 g/mol. The number of nitrogens with zero attached hydrogens (tertiary/aromatic N) is 1. The lowest BCUT2D eigenvalue weighted by molar-refractivity contribution is -0.136. The summed E-state index contributed by atoms with van der Waals surface area (Å²) in [7, 11) is 1.60. The molecule has 0 radical (unpaired) electrons. The molecule has 5 nitrogen and oxygen atoms in total. The van der Waals surface area contributed by atoms with Crippen LogP contribution in [0.1, 0.15) is 25.8 Å². The van der Waals surface area contributed by atoms with Gasteiger partial charge >= 0.3 is 0 Å². The van der Waals surface area contributed by atoms with Gasteiger partial charge in [0, 0.05) is 13.1 Å². The second-order valence-corrected chi connectivity index (χ2v) is 5.55. The number of aryl methyl sites for hydroxylation is 1. The molecule has 1 atom stereocenters. The van der Waals surface area contributed by atoms with E-state index in [4.69, 9.17) is 5.73 Å². The molecule has 0 aliphatic heterocycles. The molecule has 1 aromatic rings. The van der Waals surface area contributed by atoms with Gasteiger partial charge in [0.15, 0.2) is 0 Å². The maximum absolute atomic E-state index is 12.1.